The molecule has 0 spiro atoms. The number of benzene rings is 4. The second-order valence-electron chi connectivity index (χ2n) is 9.77. The summed E-state index contributed by atoms with van der Waals surface area (Å²) < 4.78 is 31.4. The minimum atomic E-state index is -1.25. The van der Waals surface area contributed by atoms with E-state index in [4.69, 9.17) is 23.7 Å². The van der Waals surface area contributed by atoms with Crippen LogP contribution in [0.5, 0.6) is 0 Å². The minimum Gasteiger partial charge on any atom is -0.429 e. The van der Waals surface area contributed by atoms with E-state index in [2.05, 4.69) is 15.9 Å². The molecule has 5 rings (SSSR count). The average Bonchev–Trinajstić information content (AvgIpc) is 3.15. The Balaban J connectivity index is 1.46. The Labute approximate surface area is 253 Å². The largest absolute Gasteiger partial charge is 0.429 e. The number of hydrogen-bond donors (Lipinski definition) is 0. The maximum absolute atomic E-state index is 13.5. The van der Waals surface area contributed by atoms with E-state index < -0.39 is 30.6 Å². The van der Waals surface area contributed by atoms with Crippen LogP contribution in [0.2, 0.25) is 0 Å². The van der Waals surface area contributed by atoms with Gasteiger partial charge in [0.25, 0.3) is 0 Å². The molecule has 0 aromatic heterocycles. The van der Waals surface area contributed by atoms with Crippen LogP contribution in [0.25, 0.3) is 0 Å². The molecule has 7 nitrogen and oxygen atoms in total. The topological polar surface area (TPSA) is 80.3 Å². The summed E-state index contributed by atoms with van der Waals surface area (Å²) in [5, 5.41) is 0. The predicted octanol–water partition coefficient (Wildman–Crippen LogP) is 6.29. The first-order chi connectivity index (χ1) is 20.6. The lowest BCUT2D eigenvalue weighted by molar-refractivity contribution is -0.219. The Bertz CT molecular complexity index is 1430. The normalized spacial score (nSPS) is 20.5. The van der Waals surface area contributed by atoms with Crippen molar-refractivity contribution < 1.29 is 33.3 Å². The van der Waals surface area contributed by atoms with Gasteiger partial charge in [-0.1, -0.05) is 103 Å². The van der Waals surface area contributed by atoms with E-state index in [9.17, 15) is 9.59 Å². The van der Waals surface area contributed by atoms with Gasteiger partial charge in [-0.2, -0.15) is 0 Å². The predicted molar refractivity (Wildman–Crippen MR) is 159 cm³/mol. The smallest absolute Gasteiger partial charge is 0.341 e. The van der Waals surface area contributed by atoms with Crippen molar-refractivity contribution in [3.63, 3.8) is 0 Å². The van der Waals surface area contributed by atoms with Crippen molar-refractivity contribution in [3.05, 3.63) is 142 Å². The lowest BCUT2D eigenvalue weighted by Crippen LogP contribution is -2.50. The molecule has 1 aliphatic heterocycles. The van der Waals surface area contributed by atoms with Gasteiger partial charge in [0.2, 0.25) is 6.29 Å². The first-order valence-corrected chi connectivity index (χ1v) is 14.4. The highest BCUT2D eigenvalue weighted by molar-refractivity contribution is 9.10. The molecule has 0 N–H and O–H groups in total. The van der Waals surface area contributed by atoms with Crippen LogP contribution in [0.1, 0.15) is 27.0 Å². The van der Waals surface area contributed by atoms with Gasteiger partial charge < -0.3 is 23.7 Å². The van der Waals surface area contributed by atoms with Gasteiger partial charge in [-0.3, -0.25) is 4.79 Å². The fourth-order valence-electron chi connectivity index (χ4n) is 4.59. The molecular formula is C34H31BrO7. The third kappa shape index (κ3) is 8.00. The second-order valence-corrected chi connectivity index (χ2v) is 10.6. The number of carbonyl (C=O) groups excluding carboxylic acids is 2. The third-order valence-electron chi connectivity index (χ3n) is 6.76. The summed E-state index contributed by atoms with van der Waals surface area (Å²) >= 11 is 3.41. The van der Waals surface area contributed by atoms with Gasteiger partial charge in [-0.15, -0.1) is 0 Å². The molecule has 8 heteroatoms. The SMILES string of the molecule is O=C(O[C@@H]1OCC(=O)[C@@H](OCc2ccccc2)[C@H](OCc2ccccc2)[C@H]1OCc1ccccc1)c1ccccc1Br. The van der Waals surface area contributed by atoms with E-state index in [0.717, 1.165) is 16.7 Å². The number of esters is 1. The molecule has 1 saturated heterocycles. The molecule has 4 atom stereocenters. The van der Waals surface area contributed by atoms with Crippen LogP contribution in [0.15, 0.2) is 120 Å². The van der Waals surface area contributed by atoms with Crippen molar-refractivity contribution in [2.75, 3.05) is 6.61 Å². The highest BCUT2D eigenvalue weighted by Gasteiger charge is 2.46. The summed E-state index contributed by atoms with van der Waals surface area (Å²) in [6.45, 7) is 0.182. The molecular weight excluding hydrogens is 600 g/mol. The molecule has 0 radical (unpaired) electrons. The molecule has 1 fully saturated rings. The molecule has 216 valence electrons. The molecule has 1 heterocycles. The first-order valence-electron chi connectivity index (χ1n) is 13.6. The van der Waals surface area contributed by atoms with Crippen molar-refractivity contribution in [2.24, 2.45) is 0 Å². The minimum absolute atomic E-state index is 0.169. The van der Waals surface area contributed by atoms with Gasteiger partial charge in [-0.05, 0) is 44.8 Å². The Morgan fingerprint density at radius 1 is 0.667 bits per heavy atom. The van der Waals surface area contributed by atoms with E-state index in [1.54, 1.807) is 24.3 Å². The lowest BCUT2D eigenvalue weighted by atomic mass is 10.0. The monoisotopic (exact) mass is 630 g/mol. The fraction of sp³-hybridized carbons (Fsp3) is 0.235. The molecule has 4 aromatic rings. The summed E-state index contributed by atoms with van der Waals surface area (Å²) in [6.07, 6.45) is -4.23. The van der Waals surface area contributed by atoms with Crippen LogP contribution in [0.3, 0.4) is 0 Å². The zero-order chi connectivity index (χ0) is 29.1. The summed E-state index contributed by atoms with van der Waals surface area (Å²) in [7, 11) is 0. The van der Waals surface area contributed by atoms with Crippen molar-refractivity contribution in [2.45, 2.75) is 44.4 Å². The molecule has 0 bridgehead atoms. The molecule has 0 aliphatic carbocycles. The third-order valence-corrected chi connectivity index (χ3v) is 7.45. The second kappa shape index (κ2) is 15.0. The summed E-state index contributed by atoms with van der Waals surface area (Å²) in [6, 6.07) is 35.7. The zero-order valence-electron chi connectivity index (χ0n) is 22.8. The molecule has 0 saturated carbocycles. The molecule has 42 heavy (non-hydrogen) atoms. The van der Waals surface area contributed by atoms with E-state index >= 15 is 0 Å². The highest BCUT2D eigenvalue weighted by atomic mass is 79.9. The van der Waals surface area contributed by atoms with Crippen molar-refractivity contribution in [3.8, 4) is 0 Å². The van der Waals surface area contributed by atoms with Crippen molar-refractivity contribution in [1.82, 2.24) is 0 Å². The van der Waals surface area contributed by atoms with Crippen LogP contribution in [0.4, 0.5) is 0 Å². The van der Waals surface area contributed by atoms with Crippen LogP contribution >= 0.6 is 15.9 Å². The lowest BCUT2D eigenvalue weighted by Gasteiger charge is -2.33. The van der Waals surface area contributed by atoms with Gasteiger partial charge in [0.15, 0.2) is 5.78 Å². The Morgan fingerprint density at radius 2 is 1.14 bits per heavy atom. The van der Waals surface area contributed by atoms with Gasteiger partial charge in [0, 0.05) is 4.47 Å². The fourth-order valence-corrected chi connectivity index (χ4v) is 5.03. The van der Waals surface area contributed by atoms with Crippen LogP contribution in [0, 0.1) is 0 Å². The van der Waals surface area contributed by atoms with Crippen LogP contribution in [-0.2, 0) is 48.3 Å². The maximum Gasteiger partial charge on any atom is 0.341 e. The van der Waals surface area contributed by atoms with E-state index in [1.165, 1.54) is 0 Å². The maximum atomic E-state index is 13.5. The van der Waals surface area contributed by atoms with Gasteiger partial charge in [0.1, 0.15) is 24.9 Å². The van der Waals surface area contributed by atoms with E-state index in [1.807, 2.05) is 91.0 Å². The summed E-state index contributed by atoms with van der Waals surface area (Å²) in [5.74, 6) is -0.963. The van der Waals surface area contributed by atoms with Gasteiger partial charge in [-0.25, -0.2) is 4.79 Å². The number of ketones is 1. The van der Waals surface area contributed by atoms with Crippen LogP contribution < -0.4 is 0 Å². The number of carbonyl (C=O) groups is 2. The van der Waals surface area contributed by atoms with Crippen molar-refractivity contribution >= 4 is 27.7 Å². The van der Waals surface area contributed by atoms with Crippen molar-refractivity contribution in [1.29, 1.82) is 0 Å². The quantitative estimate of drug-likeness (QED) is 0.180. The molecule has 1 aliphatic rings. The Hall–Kier alpha value is -3.66. The Kier molecular flexibility index (Phi) is 10.6. The van der Waals surface area contributed by atoms with Gasteiger partial charge in [0.05, 0.1) is 25.4 Å². The number of ether oxygens (including phenoxy) is 5. The van der Waals surface area contributed by atoms with Crippen LogP contribution in [-0.4, -0.2) is 43.0 Å². The molecule has 4 aromatic carbocycles. The van der Waals surface area contributed by atoms with Gasteiger partial charge >= 0.3 is 5.97 Å². The van der Waals surface area contributed by atoms with E-state index in [0.29, 0.717) is 10.0 Å². The Morgan fingerprint density at radius 3 is 1.69 bits per heavy atom. The number of halogens is 1. The number of hydrogen-bond acceptors (Lipinski definition) is 7. The highest BCUT2D eigenvalue weighted by Crippen LogP contribution is 2.28. The average molecular weight is 632 g/mol. The zero-order valence-corrected chi connectivity index (χ0v) is 24.4. The number of Topliss-reactive ketones (excluding diaryl/α,β-unsaturated/α-hetero) is 1. The number of rotatable bonds is 11. The standard InChI is InChI=1S/C34H31BrO7/c35-28-19-11-10-18-27(28)33(37)42-34-32(40-22-26-16-8-3-9-17-26)31(39-21-25-14-6-2-7-15-25)30(29(36)23-41-34)38-20-24-12-4-1-5-13-24/h1-19,30-32,34H,20-23H2/t30-,31+,32-,34+/m1/s1. The first kappa shape index (κ1) is 29.8. The summed E-state index contributed by atoms with van der Waals surface area (Å²) in [5.41, 5.74) is 3.01. The molecule has 0 unspecified atom stereocenters. The molecule has 0 amide bonds. The summed E-state index contributed by atoms with van der Waals surface area (Å²) in [4.78, 5) is 26.8. The van der Waals surface area contributed by atoms with E-state index in [-0.39, 0.29) is 32.2 Å².